The molecule has 0 aliphatic carbocycles. The smallest absolute Gasteiger partial charge is 0.249 e. The van der Waals surface area contributed by atoms with Crippen molar-refractivity contribution in [3.63, 3.8) is 0 Å². The number of carbonyl (C=O) groups excluding carboxylic acids is 3. The Morgan fingerprint density at radius 3 is 2.33 bits per heavy atom. The maximum Gasteiger partial charge on any atom is 0.249 e. The highest BCUT2D eigenvalue weighted by molar-refractivity contribution is 7.09. The van der Waals surface area contributed by atoms with Gasteiger partial charge in [0.1, 0.15) is 18.7 Å². The van der Waals surface area contributed by atoms with Crippen molar-refractivity contribution in [2.45, 2.75) is 57.7 Å². The minimum absolute atomic E-state index is 0.0887. The van der Waals surface area contributed by atoms with Gasteiger partial charge in [-0.1, -0.05) is 74.5 Å². The van der Waals surface area contributed by atoms with Crippen molar-refractivity contribution < 1.29 is 24.2 Å². The summed E-state index contributed by atoms with van der Waals surface area (Å²) in [5.74, 6) is -0.939. The Balaban J connectivity index is 1.55. The van der Waals surface area contributed by atoms with E-state index in [1.165, 1.54) is 21.1 Å². The van der Waals surface area contributed by atoms with E-state index in [4.69, 9.17) is 4.74 Å². The molecule has 1 aliphatic rings. The number of carbonyl (C=O) groups is 3. The number of rotatable bonds is 16. The molecule has 0 spiro atoms. The predicted octanol–water partition coefficient (Wildman–Crippen LogP) is 3.76. The molecule has 0 saturated carbocycles. The van der Waals surface area contributed by atoms with Crippen molar-refractivity contribution in [1.82, 2.24) is 20.4 Å². The molecule has 1 aliphatic heterocycles. The van der Waals surface area contributed by atoms with E-state index in [0.717, 1.165) is 41.0 Å². The van der Waals surface area contributed by atoms with Crippen LogP contribution in [0.1, 0.15) is 37.1 Å². The van der Waals surface area contributed by atoms with Crippen molar-refractivity contribution in [3.8, 4) is 11.1 Å². The lowest BCUT2D eigenvalue weighted by atomic mass is 9.94. The van der Waals surface area contributed by atoms with Gasteiger partial charge in [0.2, 0.25) is 17.7 Å². The fraction of sp³-hybridized carbons (Fsp3) is 0.472. The molecule has 2 aromatic carbocycles. The van der Waals surface area contributed by atoms with E-state index in [1.54, 1.807) is 14.1 Å². The molecule has 4 rings (SSSR count). The molecule has 1 aromatic heterocycles. The molecule has 46 heavy (non-hydrogen) atoms. The Labute approximate surface area is 276 Å². The average molecular weight is 649 g/mol. The van der Waals surface area contributed by atoms with Gasteiger partial charge in [0, 0.05) is 56.4 Å². The van der Waals surface area contributed by atoms with Gasteiger partial charge in [-0.15, -0.1) is 11.3 Å². The number of amides is 3. The zero-order valence-corrected chi connectivity index (χ0v) is 28.2. The number of hydrogen-bond acceptors (Lipinski definition) is 7. The van der Waals surface area contributed by atoms with Gasteiger partial charge in [0.15, 0.2) is 0 Å². The Morgan fingerprint density at radius 2 is 1.70 bits per heavy atom. The molecule has 248 valence electrons. The summed E-state index contributed by atoms with van der Waals surface area (Å²) < 4.78 is 5.77. The van der Waals surface area contributed by atoms with Crippen molar-refractivity contribution in [3.05, 3.63) is 82.6 Å². The molecular weight excluding hydrogens is 600 g/mol. The van der Waals surface area contributed by atoms with Crippen LogP contribution in [0.4, 0.5) is 0 Å². The molecule has 9 nitrogen and oxygen atoms in total. The van der Waals surface area contributed by atoms with E-state index in [9.17, 15) is 19.5 Å². The van der Waals surface area contributed by atoms with Gasteiger partial charge < -0.3 is 30.3 Å². The van der Waals surface area contributed by atoms with Crippen LogP contribution in [-0.2, 0) is 32.0 Å². The molecule has 0 bridgehead atoms. The molecular formula is C36H48N4O5S. The lowest BCUT2D eigenvalue weighted by Crippen LogP contribution is -2.57. The summed E-state index contributed by atoms with van der Waals surface area (Å²) in [5.41, 5.74) is 2.53. The highest BCUT2D eigenvalue weighted by Crippen LogP contribution is 2.22. The highest BCUT2D eigenvalue weighted by Gasteiger charge is 2.36. The van der Waals surface area contributed by atoms with E-state index in [2.05, 4.69) is 10.6 Å². The number of thiophene rings is 1. The van der Waals surface area contributed by atoms with Crippen molar-refractivity contribution >= 4 is 29.1 Å². The normalized spacial score (nSPS) is 16.1. The lowest BCUT2D eigenvalue weighted by molar-refractivity contribution is -0.149. The van der Waals surface area contributed by atoms with Crippen LogP contribution in [0.25, 0.3) is 11.1 Å². The Kier molecular flexibility index (Phi) is 12.9. The zero-order valence-electron chi connectivity index (χ0n) is 27.4. The van der Waals surface area contributed by atoms with Crippen molar-refractivity contribution in [2.75, 3.05) is 47.0 Å². The fourth-order valence-corrected chi connectivity index (χ4v) is 6.20. The molecule has 3 aromatic rings. The number of nitrogens with zero attached hydrogens (tertiary/aromatic N) is 2. The van der Waals surface area contributed by atoms with E-state index in [-0.39, 0.29) is 49.9 Å². The van der Waals surface area contributed by atoms with E-state index in [1.807, 2.05) is 86.0 Å². The minimum atomic E-state index is -0.860. The minimum Gasteiger partial charge on any atom is -0.396 e. The van der Waals surface area contributed by atoms with E-state index >= 15 is 0 Å². The molecule has 3 amide bonds. The molecule has 1 fully saturated rings. The Hall–Kier alpha value is -3.57. The molecule has 0 unspecified atom stereocenters. The zero-order chi connectivity index (χ0) is 33.1. The Morgan fingerprint density at radius 1 is 0.978 bits per heavy atom. The largest absolute Gasteiger partial charge is 0.396 e. The quantitative estimate of drug-likeness (QED) is 0.218. The van der Waals surface area contributed by atoms with Crippen LogP contribution in [0.5, 0.6) is 0 Å². The molecule has 10 heteroatoms. The summed E-state index contributed by atoms with van der Waals surface area (Å²) in [6, 6.07) is 20.5. The van der Waals surface area contributed by atoms with Crippen LogP contribution in [0.2, 0.25) is 0 Å². The second-order valence-electron chi connectivity index (χ2n) is 12.9. The second kappa shape index (κ2) is 16.8. The number of aliphatic hydroxyl groups excluding tert-OH is 1. The lowest BCUT2D eigenvalue weighted by Gasteiger charge is -2.35. The van der Waals surface area contributed by atoms with E-state index < -0.39 is 17.5 Å². The highest BCUT2D eigenvalue weighted by atomic mass is 32.1. The molecule has 0 radical (unpaired) electrons. The second-order valence-corrected chi connectivity index (χ2v) is 13.9. The number of likely N-dealkylation sites (N-methyl/N-ethyl adjacent to an activating group) is 2. The maximum absolute atomic E-state index is 14.4. The molecule has 1 saturated heterocycles. The van der Waals surface area contributed by atoms with Crippen LogP contribution >= 0.6 is 11.3 Å². The number of ether oxygens (including phenoxy) is 1. The molecule has 2 heterocycles. The number of benzene rings is 2. The van der Waals surface area contributed by atoms with Crippen LogP contribution in [0.15, 0.2) is 72.1 Å². The van der Waals surface area contributed by atoms with Gasteiger partial charge in [0.25, 0.3) is 0 Å². The first kappa shape index (κ1) is 35.3. The van der Waals surface area contributed by atoms with Gasteiger partial charge in [-0.05, 0) is 47.5 Å². The van der Waals surface area contributed by atoms with Crippen LogP contribution in [0, 0.1) is 5.41 Å². The number of nitrogens with one attached hydrogen (secondary N) is 2. The van der Waals surface area contributed by atoms with Crippen LogP contribution in [0.3, 0.4) is 0 Å². The third-order valence-electron chi connectivity index (χ3n) is 8.60. The third-order valence-corrected chi connectivity index (χ3v) is 9.50. The number of hydrogen-bond donors (Lipinski definition) is 3. The fourth-order valence-electron chi connectivity index (χ4n) is 5.45. The summed E-state index contributed by atoms with van der Waals surface area (Å²) in [7, 11) is 3.26. The van der Waals surface area contributed by atoms with Gasteiger partial charge in [-0.3, -0.25) is 14.4 Å². The molecule has 3 N–H and O–H groups in total. The first-order valence-corrected chi connectivity index (χ1v) is 16.8. The predicted molar refractivity (Wildman–Crippen MR) is 182 cm³/mol. The Bertz CT molecular complexity index is 1390. The van der Waals surface area contributed by atoms with Gasteiger partial charge in [-0.25, -0.2) is 0 Å². The maximum atomic E-state index is 14.4. The van der Waals surface area contributed by atoms with Gasteiger partial charge >= 0.3 is 0 Å². The number of aliphatic hydroxyl groups is 1. The topological polar surface area (TPSA) is 111 Å². The van der Waals surface area contributed by atoms with E-state index in [0.29, 0.717) is 13.0 Å². The summed E-state index contributed by atoms with van der Waals surface area (Å²) in [6.45, 7) is 5.15. The van der Waals surface area contributed by atoms with Crippen LogP contribution < -0.4 is 10.6 Å². The first-order chi connectivity index (χ1) is 22.1. The average Bonchev–Trinajstić information content (AvgIpc) is 3.80. The van der Waals surface area contributed by atoms with Crippen molar-refractivity contribution in [2.24, 2.45) is 5.41 Å². The summed E-state index contributed by atoms with van der Waals surface area (Å²) >= 11 is 1.52. The molecule has 3 atom stereocenters. The van der Waals surface area contributed by atoms with Crippen LogP contribution in [-0.4, -0.2) is 97.8 Å². The summed E-state index contributed by atoms with van der Waals surface area (Å²) in [4.78, 5) is 45.3. The van der Waals surface area contributed by atoms with Crippen molar-refractivity contribution in [1.29, 1.82) is 0 Å². The summed E-state index contributed by atoms with van der Waals surface area (Å²) in [5, 5.41) is 18.0. The van der Waals surface area contributed by atoms with Gasteiger partial charge in [-0.2, -0.15) is 0 Å². The SMILES string of the molecule is CN(C(=O)COC[C@@H]1CCCN1)[C@H](Cc1ccc(-c2ccccc2)cc1)C(=O)N(C)[C@H](Cc1cccs1)C(=O)NCC(C)(C)CO. The monoisotopic (exact) mass is 648 g/mol. The standard InChI is InChI=1S/C36H48N4O5S/c1-36(2,25-41)24-38-34(43)31(21-30-13-9-19-46-30)40(4)35(44)32(39(3)33(42)23-45-22-29-12-8-18-37-29)20-26-14-16-28(17-15-26)27-10-6-5-7-11-27/h5-7,9-11,13-17,19,29,31-32,37,41H,8,12,18,20-25H2,1-4H3,(H,38,43)/t29-,31+,32+/m0/s1. The third kappa shape index (κ3) is 9.96. The summed E-state index contributed by atoms with van der Waals surface area (Å²) in [6.07, 6.45) is 2.71. The first-order valence-electron chi connectivity index (χ1n) is 16.0. The van der Waals surface area contributed by atoms with Gasteiger partial charge in [0.05, 0.1) is 6.61 Å².